The minimum Gasteiger partial charge on any atom is -0.310 e. The van der Waals surface area contributed by atoms with E-state index >= 15 is 0 Å². The summed E-state index contributed by atoms with van der Waals surface area (Å²) in [7, 11) is 0. The molecule has 0 radical (unpaired) electrons. The maximum Gasteiger partial charge on any atom is 0.193 e. The van der Waals surface area contributed by atoms with Gasteiger partial charge in [0.05, 0.1) is 11.4 Å². The molecule has 1 aliphatic rings. The molecule has 158 valence electrons. The summed E-state index contributed by atoms with van der Waals surface area (Å²) in [6.45, 7) is 4.53. The number of ketones is 1. The Morgan fingerprint density at radius 3 is 1.72 bits per heavy atom. The summed E-state index contributed by atoms with van der Waals surface area (Å²) in [5.41, 5.74) is 7.05. The van der Waals surface area contributed by atoms with Gasteiger partial charge in [0.15, 0.2) is 5.78 Å². The first kappa shape index (κ1) is 21.2. The van der Waals surface area contributed by atoms with Crippen molar-refractivity contribution in [2.24, 2.45) is 0 Å². The zero-order valence-corrected chi connectivity index (χ0v) is 20.9. The Bertz CT molecular complexity index is 1270. The van der Waals surface area contributed by atoms with Gasteiger partial charge in [0.2, 0.25) is 0 Å². The molecule has 1 heterocycles. The Labute approximate surface area is 205 Å². The number of fused-ring (bicyclic) bond motifs is 2. The number of hydrogen-bond acceptors (Lipinski definition) is 2. The molecular formula is C28H21Br2NO. The fourth-order valence-electron chi connectivity index (χ4n) is 4.48. The first-order valence-electron chi connectivity index (χ1n) is 10.5. The normalized spacial score (nSPS) is 13.9. The molecule has 5 rings (SSSR count). The molecule has 0 saturated carbocycles. The highest BCUT2D eigenvalue weighted by atomic mass is 79.9. The molecule has 0 saturated heterocycles. The van der Waals surface area contributed by atoms with Crippen LogP contribution < -0.4 is 4.90 Å². The predicted molar refractivity (Wildman–Crippen MR) is 139 cm³/mol. The summed E-state index contributed by atoms with van der Waals surface area (Å²) in [6, 6.07) is 30.2. The van der Waals surface area contributed by atoms with Gasteiger partial charge in [0.25, 0.3) is 0 Å². The SMILES string of the molecule is CC1(C)c2cc(Br)ccc2N(c2ccc(C(=O)c3ccccc3)cc2)c2ccc(Br)cc21. The van der Waals surface area contributed by atoms with Crippen molar-refractivity contribution < 1.29 is 4.79 Å². The number of nitrogens with zero attached hydrogens (tertiary/aromatic N) is 1. The second-order valence-corrected chi connectivity index (χ2v) is 10.4. The summed E-state index contributed by atoms with van der Waals surface area (Å²) < 4.78 is 2.12. The molecule has 4 aromatic rings. The van der Waals surface area contributed by atoms with E-state index in [0.29, 0.717) is 11.1 Å². The van der Waals surface area contributed by atoms with E-state index in [2.05, 4.69) is 87.0 Å². The second-order valence-electron chi connectivity index (χ2n) is 8.53. The topological polar surface area (TPSA) is 20.3 Å². The molecule has 0 aromatic heterocycles. The molecule has 0 N–H and O–H groups in total. The lowest BCUT2D eigenvalue weighted by atomic mass is 9.73. The van der Waals surface area contributed by atoms with E-state index in [1.807, 2.05) is 54.6 Å². The van der Waals surface area contributed by atoms with Gasteiger partial charge >= 0.3 is 0 Å². The zero-order valence-electron chi connectivity index (χ0n) is 17.8. The predicted octanol–water partition coefficient (Wildman–Crippen LogP) is 8.55. The highest BCUT2D eigenvalue weighted by Crippen LogP contribution is 2.52. The van der Waals surface area contributed by atoms with Gasteiger partial charge in [-0.1, -0.05) is 76.0 Å². The lowest BCUT2D eigenvalue weighted by Crippen LogP contribution is -2.30. The van der Waals surface area contributed by atoms with Crippen molar-refractivity contribution in [3.8, 4) is 0 Å². The minimum atomic E-state index is -0.155. The van der Waals surface area contributed by atoms with E-state index in [4.69, 9.17) is 0 Å². The van der Waals surface area contributed by atoms with Crippen LogP contribution in [0.4, 0.5) is 17.1 Å². The molecule has 0 amide bonds. The van der Waals surface area contributed by atoms with E-state index in [9.17, 15) is 4.79 Å². The average molecular weight is 547 g/mol. The molecule has 0 spiro atoms. The van der Waals surface area contributed by atoms with E-state index in [1.165, 1.54) is 11.1 Å². The van der Waals surface area contributed by atoms with Crippen LogP contribution in [0.5, 0.6) is 0 Å². The molecule has 2 nitrogen and oxygen atoms in total. The molecule has 0 aliphatic carbocycles. The van der Waals surface area contributed by atoms with Crippen molar-refractivity contribution in [1.29, 1.82) is 0 Å². The Morgan fingerprint density at radius 1 is 0.688 bits per heavy atom. The van der Waals surface area contributed by atoms with Gasteiger partial charge in [0, 0.05) is 31.2 Å². The summed E-state index contributed by atoms with van der Waals surface area (Å²) in [4.78, 5) is 15.2. The number of hydrogen-bond donors (Lipinski definition) is 0. The van der Waals surface area contributed by atoms with E-state index < -0.39 is 0 Å². The van der Waals surface area contributed by atoms with E-state index in [-0.39, 0.29) is 11.2 Å². The van der Waals surface area contributed by atoms with Crippen molar-refractivity contribution in [1.82, 2.24) is 0 Å². The van der Waals surface area contributed by atoms with Crippen molar-refractivity contribution in [3.05, 3.63) is 122 Å². The highest BCUT2D eigenvalue weighted by Gasteiger charge is 2.37. The number of carbonyl (C=O) groups is 1. The Hall–Kier alpha value is -2.69. The van der Waals surface area contributed by atoms with Crippen LogP contribution in [0, 0.1) is 0 Å². The van der Waals surface area contributed by atoms with Crippen LogP contribution in [0.1, 0.15) is 40.9 Å². The van der Waals surface area contributed by atoms with Crippen LogP contribution in [0.2, 0.25) is 0 Å². The average Bonchev–Trinajstić information content (AvgIpc) is 2.81. The van der Waals surface area contributed by atoms with Crippen LogP contribution in [-0.4, -0.2) is 5.78 Å². The molecule has 0 fully saturated rings. The van der Waals surface area contributed by atoms with Crippen LogP contribution in [0.3, 0.4) is 0 Å². The monoisotopic (exact) mass is 545 g/mol. The fraction of sp³-hybridized carbons (Fsp3) is 0.107. The van der Waals surface area contributed by atoms with Gasteiger partial charge in [-0.25, -0.2) is 0 Å². The maximum atomic E-state index is 12.9. The largest absolute Gasteiger partial charge is 0.310 e. The van der Waals surface area contributed by atoms with Crippen molar-refractivity contribution in [3.63, 3.8) is 0 Å². The molecule has 0 unspecified atom stereocenters. The number of carbonyl (C=O) groups excluding carboxylic acids is 1. The van der Waals surface area contributed by atoms with E-state index in [1.54, 1.807) is 0 Å². The van der Waals surface area contributed by atoms with Gasteiger partial charge < -0.3 is 4.90 Å². The van der Waals surface area contributed by atoms with Crippen LogP contribution in [0.25, 0.3) is 0 Å². The lowest BCUT2D eigenvalue weighted by molar-refractivity contribution is 0.103. The smallest absolute Gasteiger partial charge is 0.193 e. The maximum absolute atomic E-state index is 12.9. The van der Waals surface area contributed by atoms with Crippen molar-refractivity contribution >= 4 is 54.7 Å². The third-order valence-corrected chi connectivity index (χ3v) is 7.16. The van der Waals surface area contributed by atoms with Gasteiger partial charge in [-0.3, -0.25) is 4.79 Å². The number of halogens is 2. The van der Waals surface area contributed by atoms with Gasteiger partial charge in [0.1, 0.15) is 0 Å². The minimum absolute atomic E-state index is 0.0330. The molecule has 0 bridgehead atoms. The molecule has 32 heavy (non-hydrogen) atoms. The summed E-state index contributed by atoms with van der Waals surface area (Å²) in [6.07, 6.45) is 0. The van der Waals surface area contributed by atoms with Crippen LogP contribution >= 0.6 is 31.9 Å². The number of rotatable bonds is 3. The standard InChI is InChI=1S/C28H21Br2NO/c1-28(2)23-16-20(29)10-14-25(23)31(26-15-11-21(30)17-24(26)28)22-12-8-19(9-13-22)27(32)18-6-4-3-5-7-18/h3-17H,1-2H3. The second kappa shape index (κ2) is 8.02. The first-order valence-corrected chi connectivity index (χ1v) is 12.0. The third-order valence-electron chi connectivity index (χ3n) is 6.17. The number of anilines is 3. The van der Waals surface area contributed by atoms with Gasteiger partial charge in [-0.2, -0.15) is 0 Å². The summed E-state index contributed by atoms with van der Waals surface area (Å²) in [5.74, 6) is 0.0330. The molecular weight excluding hydrogens is 526 g/mol. The molecule has 4 heteroatoms. The Morgan fingerprint density at radius 2 is 1.19 bits per heavy atom. The third kappa shape index (κ3) is 3.52. The zero-order chi connectivity index (χ0) is 22.5. The van der Waals surface area contributed by atoms with Crippen LogP contribution in [-0.2, 0) is 5.41 Å². The van der Waals surface area contributed by atoms with Gasteiger partial charge in [-0.15, -0.1) is 0 Å². The Balaban J connectivity index is 1.63. The number of benzene rings is 4. The van der Waals surface area contributed by atoms with Crippen LogP contribution in [0.15, 0.2) is 99.9 Å². The lowest BCUT2D eigenvalue weighted by Gasteiger charge is -2.42. The van der Waals surface area contributed by atoms with Crippen molar-refractivity contribution in [2.75, 3.05) is 4.90 Å². The highest BCUT2D eigenvalue weighted by molar-refractivity contribution is 9.10. The summed E-state index contributed by atoms with van der Waals surface area (Å²) in [5, 5.41) is 0. The van der Waals surface area contributed by atoms with Gasteiger partial charge in [-0.05, 0) is 71.8 Å². The molecule has 4 aromatic carbocycles. The summed E-state index contributed by atoms with van der Waals surface area (Å²) >= 11 is 7.31. The molecule has 1 aliphatic heterocycles. The van der Waals surface area contributed by atoms with E-state index in [0.717, 1.165) is 26.0 Å². The quantitative estimate of drug-likeness (QED) is 0.240. The first-order chi connectivity index (χ1) is 15.4. The van der Waals surface area contributed by atoms with Crippen molar-refractivity contribution in [2.45, 2.75) is 19.3 Å². The molecule has 0 atom stereocenters. The Kier molecular flexibility index (Phi) is 5.31. The fourth-order valence-corrected chi connectivity index (χ4v) is 5.20.